The van der Waals surface area contributed by atoms with E-state index < -0.39 is 23.6 Å². The van der Waals surface area contributed by atoms with Crippen LogP contribution >= 0.6 is 0 Å². The number of esters is 2. The second kappa shape index (κ2) is 4.13. The third kappa shape index (κ3) is 1.88. The van der Waals surface area contributed by atoms with E-state index in [0.717, 1.165) is 0 Å². The maximum absolute atomic E-state index is 11.6. The zero-order valence-electron chi connectivity index (χ0n) is 10.4. The van der Waals surface area contributed by atoms with Crippen LogP contribution in [0.4, 0.5) is 0 Å². The van der Waals surface area contributed by atoms with E-state index in [2.05, 4.69) is 12.6 Å². The lowest BCUT2D eigenvalue weighted by Gasteiger charge is -2.37. The SMILES string of the molecule is C=C(C)C(=O)OC1C(C#N)CC2CC1(C)OC2=O. The first-order valence-electron chi connectivity index (χ1n) is 5.86. The summed E-state index contributed by atoms with van der Waals surface area (Å²) in [5, 5.41) is 9.15. The summed E-state index contributed by atoms with van der Waals surface area (Å²) in [4.78, 5) is 23.2. The topological polar surface area (TPSA) is 76.4 Å². The van der Waals surface area contributed by atoms with Gasteiger partial charge in [0.1, 0.15) is 5.60 Å². The van der Waals surface area contributed by atoms with Crippen molar-refractivity contribution < 1.29 is 19.1 Å². The summed E-state index contributed by atoms with van der Waals surface area (Å²) in [5.74, 6) is -1.61. The fourth-order valence-electron chi connectivity index (χ4n) is 2.68. The number of nitrogens with zero attached hydrogens (tertiary/aromatic N) is 1. The van der Waals surface area contributed by atoms with Crippen molar-refractivity contribution in [3.63, 3.8) is 0 Å². The lowest BCUT2D eigenvalue weighted by Crippen LogP contribution is -2.49. The van der Waals surface area contributed by atoms with Crippen molar-refractivity contribution in [2.75, 3.05) is 0 Å². The number of hydrogen-bond acceptors (Lipinski definition) is 5. The monoisotopic (exact) mass is 249 g/mol. The molecule has 0 N–H and O–H groups in total. The molecule has 2 fully saturated rings. The largest absolute Gasteiger partial charge is 0.455 e. The van der Waals surface area contributed by atoms with Crippen molar-refractivity contribution in [1.29, 1.82) is 5.26 Å². The summed E-state index contributed by atoms with van der Waals surface area (Å²) in [6.07, 6.45) is 0.173. The molecule has 1 heterocycles. The van der Waals surface area contributed by atoms with E-state index in [1.807, 2.05) is 0 Å². The van der Waals surface area contributed by atoms with Crippen LogP contribution in [-0.2, 0) is 19.1 Å². The molecule has 0 aromatic rings. The lowest BCUT2D eigenvalue weighted by molar-refractivity contribution is -0.173. The smallest absolute Gasteiger partial charge is 0.333 e. The molecule has 0 aromatic heterocycles. The molecule has 0 spiro atoms. The van der Waals surface area contributed by atoms with Gasteiger partial charge in [-0.1, -0.05) is 6.58 Å². The number of carbonyl (C=O) groups excluding carboxylic acids is 2. The van der Waals surface area contributed by atoms with Crippen LogP contribution in [0.25, 0.3) is 0 Å². The maximum atomic E-state index is 11.6. The maximum Gasteiger partial charge on any atom is 0.333 e. The van der Waals surface area contributed by atoms with Gasteiger partial charge in [-0.25, -0.2) is 4.79 Å². The summed E-state index contributed by atoms with van der Waals surface area (Å²) >= 11 is 0. The van der Waals surface area contributed by atoms with Gasteiger partial charge < -0.3 is 9.47 Å². The summed E-state index contributed by atoms with van der Waals surface area (Å²) in [7, 11) is 0. The molecule has 4 atom stereocenters. The molecule has 1 aliphatic heterocycles. The van der Waals surface area contributed by atoms with E-state index in [9.17, 15) is 9.59 Å². The van der Waals surface area contributed by atoms with Gasteiger partial charge in [0, 0.05) is 12.0 Å². The number of carbonyl (C=O) groups is 2. The number of nitriles is 1. The van der Waals surface area contributed by atoms with Crippen molar-refractivity contribution in [2.24, 2.45) is 11.8 Å². The Bertz CT molecular complexity index is 464. The molecule has 0 aromatic carbocycles. The van der Waals surface area contributed by atoms with Crippen molar-refractivity contribution in [3.8, 4) is 6.07 Å². The summed E-state index contributed by atoms with van der Waals surface area (Å²) in [6, 6.07) is 2.11. The minimum Gasteiger partial charge on any atom is -0.455 e. The number of ether oxygens (including phenoxy) is 2. The van der Waals surface area contributed by atoms with Crippen molar-refractivity contribution >= 4 is 11.9 Å². The molecule has 1 aliphatic carbocycles. The average molecular weight is 249 g/mol. The van der Waals surface area contributed by atoms with Crippen LogP contribution in [0.3, 0.4) is 0 Å². The highest BCUT2D eigenvalue weighted by Crippen LogP contribution is 2.46. The quantitative estimate of drug-likeness (QED) is 0.545. The first kappa shape index (κ1) is 12.6. The predicted octanol–water partition coefficient (Wildman–Crippen LogP) is 1.34. The predicted molar refractivity (Wildman–Crippen MR) is 61.0 cm³/mol. The molecule has 5 nitrogen and oxygen atoms in total. The van der Waals surface area contributed by atoms with Crippen LogP contribution < -0.4 is 0 Å². The van der Waals surface area contributed by atoms with Crippen LogP contribution in [0.2, 0.25) is 0 Å². The number of rotatable bonds is 2. The van der Waals surface area contributed by atoms with Gasteiger partial charge in [0.25, 0.3) is 0 Å². The molecule has 2 bridgehead atoms. The lowest BCUT2D eigenvalue weighted by atomic mass is 9.73. The molecular formula is C13H15NO4. The highest BCUT2D eigenvalue weighted by atomic mass is 16.6. The summed E-state index contributed by atoms with van der Waals surface area (Å²) < 4.78 is 10.6. The Hall–Kier alpha value is -1.83. The second-order valence-electron chi connectivity index (χ2n) is 5.21. The molecule has 0 radical (unpaired) electrons. The van der Waals surface area contributed by atoms with E-state index in [4.69, 9.17) is 14.7 Å². The Morgan fingerprint density at radius 3 is 2.89 bits per heavy atom. The fourth-order valence-corrected chi connectivity index (χ4v) is 2.68. The normalized spacial score (nSPS) is 37.6. The van der Waals surface area contributed by atoms with Gasteiger partial charge in [-0.2, -0.15) is 5.26 Å². The van der Waals surface area contributed by atoms with Gasteiger partial charge in [0.2, 0.25) is 0 Å². The zero-order valence-corrected chi connectivity index (χ0v) is 10.4. The van der Waals surface area contributed by atoms with E-state index >= 15 is 0 Å². The molecule has 18 heavy (non-hydrogen) atoms. The second-order valence-corrected chi connectivity index (χ2v) is 5.21. The van der Waals surface area contributed by atoms with Gasteiger partial charge in [0.15, 0.2) is 6.10 Å². The molecule has 1 saturated heterocycles. The Morgan fingerprint density at radius 1 is 1.67 bits per heavy atom. The van der Waals surface area contributed by atoms with Crippen molar-refractivity contribution in [2.45, 2.75) is 38.4 Å². The standard InChI is InChI=1S/C13H15NO4/c1-7(2)11(15)17-10-9(6-14)4-8-5-13(10,3)18-12(8)16/h8-10H,1,4-5H2,2-3H3. The molecule has 96 valence electrons. The van der Waals surface area contributed by atoms with Crippen LogP contribution in [-0.4, -0.2) is 23.6 Å². The molecule has 5 heteroatoms. The molecule has 2 rings (SSSR count). The Labute approximate surface area is 105 Å². The van der Waals surface area contributed by atoms with Gasteiger partial charge >= 0.3 is 11.9 Å². The Balaban J connectivity index is 2.25. The molecule has 0 amide bonds. The zero-order chi connectivity index (χ0) is 13.5. The van der Waals surface area contributed by atoms with Gasteiger partial charge in [-0.3, -0.25) is 4.79 Å². The fraction of sp³-hybridized carbons (Fsp3) is 0.615. The third-order valence-electron chi connectivity index (χ3n) is 3.57. The van der Waals surface area contributed by atoms with Crippen LogP contribution in [0.15, 0.2) is 12.2 Å². The average Bonchev–Trinajstić information content (AvgIpc) is 2.54. The minimum absolute atomic E-state index is 0.251. The van der Waals surface area contributed by atoms with E-state index in [-0.39, 0.29) is 17.5 Å². The molecular weight excluding hydrogens is 234 g/mol. The van der Waals surface area contributed by atoms with Gasteiger partial charge in [0.05, 0.1) is 17.9 Å². The van der Waals surface area contributed by atoms with Gasteiger partial charge in [-0.15, -0.1) is 0 Å². The van der Waals surface area contributed by atoms with E-state index in [0.29, 0.717) is 12.8 Å². The number of fused-ring (bicyclic) bond motifs is 2. The highest BCUT2D eigenvalue weighted by Gasteiger charge is 2.58. The van der Waals surface area contributed by atoms with Crippen molar-refractivity contribution in [1.82, 2.24) is 0 Å². The van der Waals surface area contributed by atoms with Crippen LogP contribution in [0.5, 0.6) is 0 Å². The van der Waals surface area contributed by atoms with E-state index in [1.54, 1.807) is 13.8 Å². The first-order valence-corrected chi connectivity index (χ1v) is 5.86. The first-order chi connectivity index (χ1) is 8.37. The van der Waals surface area contributed by atoms with Crippen LogP contribution in [0.1, 0.15) is 26.7 Å². The third-order valence-corrected chi connectivity index (χ3v) is 3.57. The number of hydrogen-bond donors (Lipinski definition) is 0. The highest BCUT2D eigenvalue weighted by molar-refractivity contribution is 5.87. The molecule has 1 saturated carbocycles. The Kier molecular flexibility index (Phi) is 2.89. The summed E-state index contributed by atoms with van der Waals surface area (Å²) in [5.41, 5.74) is -0.618. The van der Waals surface area contributed by atoms with Gasteiger partial charge in [-0.05, 0) is 20.3 Å². The Morgan fingerprint density at radius 2 is 2.33 bits per heavy atom. The molecule has 2 aliphatic rings. The van der Waals surface area contributed by atoms with Crippen molar-refractivity contribution in [3.05, 3.63) is 12.2 Å². The minimum atomic E-state index is -0.883. The van der Waals surface area contributed by atoms with E-state index in [1.165, 1.54) is 0 Å². The summed E-state index contributed by atoms with van der Waals surface area (Å²) in [6.45, 7) is 6.76. The molecule has 4 unspecified atom stereocenters. The van der Waals surface area contributed by atoms with Crippen LogP contribution in [0, 0.1) is 23.2 Å².